The molecule has 0 spiro atoms. The summed E-state index contributed by atoms with van der Waals surface area (Å²) in [5, 5.41) is 10.2. The van der Waals surface area contributed by atoms with Crippen molar-refractivity contribution in [3.8, 4) is 28.7 Å². The molecule has 1 saturated carbocycles. The molecule has 5 rings (SSSR count). The molecule has 1 aromatic carbocycles. The average Bonchev–Trinajstić information content (AvgIpc) is 3.72. The number of imidazole rings is 1. The maximum absolute atomic E-state index is 13.4. The number of benzene rings is 1. The molecule has 1 fully saturated rings. The molecule has 0 radical (unpaired) electrons. The van der Waals surface area contributed by atoms with Crippen LogP contribution in [-0.2, 0) is 10.9 Å². The van der Waals surface area contributed by atoms with E-state index in [-0.39, 0.29) is 23.8 Å². The molecular weight excluding hydrogens is 549 g/mol. The maximum Gasteiger partial charge on any atom is 0.434 e. The Labute approximate surface area is 240 Å². The van der Waals surface area contributed by atoms with Crippen molar-refractivity contribution in [1.29, 1.82) is 5.41 Å². The summed E-state index contributed by atoms with van der Waals surface area (Å²) in [6, 6.07) is 6.85. The Morgan fingerprint density at radius 1 is 1.05 bits per heavy atom. The van der Waals surface area contributed by atoms with Crippen LogP contribution in [0.25, 0.3) is 22.8 Å². The van der Waals surface area contributed by atoms with Gasteiger partial charge in [-0.05, 0) is 33.6 Å². The van der Waals surface area contributed by atoms with Gasteiger partial charge in [0.15, 0.2) is 11.5 Å². The van der Waals surface area contributed by atoms with Gasteiger partial charge in [-0.2, -0.15) is 18.2 Å². The lowest BCUT2D eigenvalue weighted by molar-refractivity contribution is -0.617. The van der Waals surface area contributed by atoms with Gasteiger partial charge in [0, 0.05) is 35.5 Å². The van der Waals surface area contributed by atoms with E-state index in [9.17, 15) is 13.2 Å². The highest BCUT2D eigenvalue weighted by Gasteiger charge is 2.35. The van der Waals surface area contributed by atoms with E-state index in [0.717, 1.165) is 30.3 Å². The third-order valence-corrected chi connectivity index (χ3v) is 7.17. The van der Waals surface area contributed by atoms with Crippen LogP contribution in [0.3, 0.4) is 0 Å². The summed E-state index contributed by atoms with van der Waals surface area (Å²) < 4.78 is 52.3. The number of methoxy groups -OCH3 is 2. The van der Waals surface area contributed by atoms with Crippen molar-refractivity contribution in [2.75, 3.05) is 14.2 Å². The molecule has 0 unspecified atom stereocenters. The second-order valence-electron chi connectivity index (χ2n) is 10.5. The molecule has 42 heavy (non-hydrogen) atoms. The van der Waals surface area contributed by atoms with Gasteiger partial charge in [0.25, 0.3) is 0 Å². The Balaban J connectivity index is 1.47. The third kappa shape index (κ3) is 5.82. The summed E-state index contributed by atoms with van der Waals surface area (Å²) in [5.74, 6) is 1.71. The number of hydrogen-bond donors (Lipinski definition) is 2. The number of halogens is 3. The van der Waals surface area contributed by atoms with Crippen LogP contribution in [0.15, 0.2) is 43.0 Å². The molecule has 1 aliphatic carbocycles. The van der Waals surface area contributed by atoms with Crippen LogP contribution in [-0.4, -0.2) is 49.6 Å². The van der Waals surface area contributed by atoms with Crippen molar-refractivity contribution in [3.05, 3.63) is 65.5 Å². The predicted octanol–water partition coefficient (Wildman–Crippen LogP) is 5.21. The van der Waals surface area contributed by atoms with Crippen LogP contribution in [0, 0.1) is 5.41 Å². The van der Waals surface area contributed by atoms with Crippen molar-refractivity contribution in [1.82, 2.24) is 29.5 Å². The Bertz CT molecular complexity index is 1600. The molecule has 13 heteroatoms. The molecule has 0 saturated heterocycles. The molecule has 0 bridgehead atoms. The minimum atomic E-state index is -4.53. The van der Waals surface area contributed by atoms with E-state index in [1.807, 2.05) is 38.2 Å². The highest BCUT2D eigenvalue weighted by atomic mass is 19.4. The third-order valence-electron chi connectivity index (χ3n) is 7.17. The van der Waals surface area contributed by atoms with E-state index in [4.69, 9.17) is 19.9 Å². The summed E-state index contributed by atoms with van der Waals surface area (Å²) in [7, 11) is 2.94. The number of quaternary nitrogens is 1. The molecule has 10 nitrogen and oxygen atoms in total. The van der Waals surface area contributed by atoms with Crippen molar-refractivity contribution in [2.45, 2.75) is 57.8 Å². The molecule has 1 atom stereocenters. The molecule has 3 aromatic heterocycles. The fourth-order valence-corrected chi connectivity index (χ4v) is 4.75. The molecule has 4 aromatic rings. The lowest BCUT2D eigenvalue weighted by atomic mass is 10.1. The number of nitrogens with two attached hydrogens (primary N) is 1. The zero-order valence-corrected chi connectivity index (χ0v) is 23.9. The predicted molar refractivity (Wildman–Crippen MR) is 148 cm³/mol. The number of hydrogen-bond acceptors (Lipinski definition) is 8. The molecule has 3 heterocycles. The first-order valence-corrected chi connectivity index (χ1v) is 13.5. The molecule has 3 N–H and O–H groups in total. The minimum absolute atomic E-state index is 0.0879. The molecule has 220 valence electrons. The number of rotatable bonds is 9. The zero-order valence-electron chi connectivity index (χ0n) is 23.9. The Morgan fingerprint density at radius 2 is 1.76 bits per heavy atom. The van der Waals surface area contributed by atoms with Crippen LogP contribution < -0.4 is 10.1 Å². The number of nitrogens with one attached hydrogen (secondary N) is 1. The Morgan fingerprint density at radius 3 is 2.36 bits per heavy atom. The molecule has 1 aliphatic rings. The summed E-state index contributed by atoms with van der Waals surface area (Å²) in [6.45, 7) is 5.59. The summed E-state index contributed by atoms with van der Waals surface area (Å²) in [4.78, 5) is 22.0. The monoisotopic (exact) mass is 581 g/mol. The van der Waals surface area contributed by atoms with Crippen LogP contribution in [0.5, 0.6) is 5.88 Å². The van der Waals surface area contributed by atoms with Gasteiger partial charge >= 0.3 is 6.18 Å². The fourth-order valence-electron chi connectivity index (χ4n) is 4.75. The van der Waals surface area contributed by atoms with E-state index >= 15 is 0 Å². The zero-order chi connectivity index (χ0) is 30.2. The second-order valence-corrected chi connectivity index (χ2v) is 10.5. The fraction of sp³-hybridized carbons (Fsp3) is 0.379. The van der Waals surface area contributed by atoms with E-state index in [2.05, 4.69) is 19.9 Å². The minimum Gasteiger partial charge on any atom is -0.481 e. The molecule has 0 aliphatic heterocycles. The van der Waals surface area contributed by atoms with Gasteiger partial charge < -0.3 is 14.0 Å². The first-order valence-electron chi connectivity index (χ1n) is 13.5. The van der Waals surface area contributed by atoms with Gasteiger partial charge in [-0.3, -0.25) is 10.7 Å². The Kier molecular flexibility index (Phi) is 7.95. The van der Waals surface area contributed by atoms with Crippen molar-refractivity contribution in [3.63, 3.8) is 0 Å². The highest BCUT2D eigenvalue weighted by Crippen LogP contribution is 2.45. The van der Waals surface area contributed by atoms with Crippen molar-refractivity contribution < 1.29 is 28.0 Å². The normalized spacial score (nSPS) is 14.2. The number of ether oxygens (including phenoxy) is 2. The van der Waals surface area contributed by atoms with Gasteiger partial charge in [-0.25, -0.2) is 19.9 Å². The smallest absolute Gasteiger partial charge is 0.434 e. The van der Waals surface area contributed by atoms with Crippen molar-refractivity contribution >= 4 is 11.7 Å². The summed E-state index contributed by atoms with van der Waals surface area (Å²) in [5.41, 5.74) is 2.42. The van der Waals surface area contributed by atoms with Crippen LogP contribution >= 0.6 is 0 Å². The average molecular weight is 582 g/mol. The van der Waals surface area contributed by atoms with E-state index in [1.54, 1.807) is 18.3 Å². The first-order chi connectivity index (χ1) is 20.0. The highest BCUT2D eigenvalue weighted by molar-refractivity contribution is 5.94. The quantitative estimate of drug-likeness (QED) is 0.205. The van der Waals surface area contributed by atoms with E-state index < -0.39 is 11.9 Å². The van der Waals surface area contributed by atoms with Crippen LogP contribution in [0.2, 0.25) is 0 Å². The van der Waals surface area contributed by atoms with Crippen molar-refractivity contribution in [2.24, 2.45) is 0 Å². The lowest BCUT2D eigenvalue weighted by Crippen LogP contribution is -2.79. The molecule has 0 amide bonds. The van der Waals surface area contributed by atoms with Crippen LogP contribution in [0.1, 0.15) is 74.1 Å². The van der Waals surface area contributed by atoms with Gasteiger partial charge in [0.2, 0.25) is 17.6 Å². The number of alkyl halides is 3. The Hall–Kier alpha value is -4.39. The molecular formula is C29H32F3N8O2+. The largest absolute Gasteiger partial charge is 0.481 e. The van der Waals surface area contributed by atoms with Gasteiger partial charge in [0.1, 0.15) is 29.3 Å². The second kappa shape index (κ2) is 11.5. The van der Waals surface area contributed by atoms with E-state index in [0.29, 0.717) is 40.1 Å². The van der Waals surface area contributed by atoms with Crippen LogP contribution in [0.4, 0.5) is 19.0 Å². The summed E-state index contributed by atoms with van der Waals surface area (Å²) in [6.07, 6.45) is 1.56. The van der Waals surface area contributed by atoms with E-state index in [1.165, 1.54) is 25.1 Å². The first kappa shape index (κ1) is 29.1. The standard InChI is InChI=1S/C29H31F3N8O2/c1-15(2)40-13-21(29(30,31)32)38-27(40)19-10-6-17(7-11-19)16(3)37-25-20(24(33)41-4)12-34-26(39-25)22-23(18-8-9-18)35-14-36-28(22)42-5/h6-7,10-16,18,33H,8-9H2,1-5H3,(H,34,37,39)/p+1/t16-/m0/s1. The lowest BCUT2D eigenvalue weighted by Gasteiger charge is -2.16. The van der Waals surface area contributed by atoms with Gasteiger partial charge in [-0.1, -0.05) is 24.3 Å². The SMILES string of the molecule is COC(=N)c1cnc(-c2c(OC)ncnc2C2CC2)nc1[NH2+][C@@H](C)c1ccc(-c2nc(C(F)(F)F)cn2C(C)C)cc1. The number of nitrogens with zero attached hydrogens (tertiary/aromatic N) is 6. The summed E-state index contributed by atoms with van der Waals surface area (Å²) >= 11 is 0. The topological polar surface area (TPSA) is 128 Å². The number of aromatic nitrogens is 6. The maximum atomic E-state index is 13.4. The van der Waals surface area contributed by atoms with Gasteiger partial charge in [0.05, 0.1) is 19.9 Å². The van der Waals surface area contributed by atoms with Gasteiger partial charge in [-0.15, -0.1) is 0 Å².